The molecule has 3 aliphatic rings. The van der Waals surface area contributed by atoms with E-state index in [-0.39, 0.29) is 6.10 Å². The van der Waals surface area contributed by atoms with Gasteiger partial charge in [0.2, 0.25) is 5.91 Å². The van der Waals surface area contributed by atoms with Gasteiger partial charge in [-0.3, -0.25) is 9.89 Å². The Balaban J connectivity index is 1.35. The highest BCUT2D eigenvalue weighted by molar-refractivity contribution is 5.76. The number of hydrogen-bond donors (Lipinski definition) is 1. The van der Waals surface area contributed by atoms with Crippen molar-refractivity contribution in [3.63, 3.8) is 0 Å². The molecule has 2 heterocycles. The third kappa shape index (κ3) is 3.63. The van der Waals surface area contributed by atoms with Crippen LogP contribution in [0.1, 0.15) is 63.2 Å². The maximum atomic E-state index is 12.8. The normalized spacial score (nSPS) is 24.6. The zero-order valence-corrected chi connectivity index (χ0v) is 14.5. The summed E-state index contributed by atoms with van der Waals surface area (Å²) < 4.78 is 5.82. The predicted octanol–water partition coefficient (Wildman–Crippen LogP) is 2.48. The average molecular weight is 332 g/mol. The van der Waals surface area contributed by atoms with Gasteiger partial charge >= 0.3 is 0 Å². The van der Waals surface area contributed by atoms with Crippen molar-refractivity contribution >= 4 is 5.91 Å². The number of aryl methyl sites for hydroxylation is 1. The van der Waals surface area contributed by atoms with Crippen molar-refractivity contribution in [3.05, 3.63) is 11.6 Å². The van der Waals surface area contributed by atoms with Gasteiger partial charge in [0.05, 0.1) is 13.2 Å². The van der Waals surface area contributed by atoms with E-state index in [0.29, 0.717) is 37.3 Å². The zero-order valence-electron chi connectivity index (χ0n) is 14.5. The molecular weight excluding hydrogens is 304 g/mol. The van der Waals surface area contributed by atoms with E-state index in [1.165, 1.54) is 25.7 Å². The van der Waals surface area contributed by atoms with Gasteiger partial charge in [-0.25, -0.2) is 4.98 Å². The van der Waals surface area contributed by atoms with Crippen LogP contribution in [0, 0.1) is 17.8 Å². The largest absolute Gasteiger partial charge is 0.366 e. The minimum absolute atomic E-state index is 0.190. The van der Waals surface area contributed by atoms with Gasteiger partial charge in [-0.05, 0) is 49.9 Å². The van der Waals surface area contributed by atoms with Crippen LogP contribution in [-0.4, -0.2) is 45.7 Å². The Labute approximate surface area is 143 Å². The fraction of sp³-hybridized carbons (Fsp3) is 0.833. The summed E-state index contributed by atoms with van der Waals surface area (Å²) in [6.07, 6.45) is 7.80. The van der Waals surface area contributed by atoms with E-state index in [0.717, 1.165) is 36.9 Å². The predicted molar refractivity (Wildman–Crippen MR) is 89.2 cm³/mol. The number of aromatic nitrogens is 3. The summed E-state index contributed by atoms with van der Waals surface area (Å²) >= 11 is 0. The maximum absolute atomic E-state index is 12.8. The van der Waals surface area contributed by atoms with E-state index in [4.69, 9.17) is 4.74 Å². The summed E-state index contributed by atoms with van der Waals surface area (Å²) in [5.74, 6) is 4.18. The van der Waals surface area contributed by atoms with Crippen LogP contribution < -0.4 is 0 Å². The first-order chi connectivity index (χ1) is 11.7. The molecule has 3 fully saturated rings. The topological polar surface area (TPSA) is 71.1 Å². The lowest BCUT2D eigenvalue weighted by atomic mass is 9.93. The first-order valence-electron chi connectivity index (χ1n) is 9.55. The lowest BCUT2D eigenvalue weighted by Crippen LogP contribution is -2.43. The van der Waals surface area contributed by atoms with Gasteiger partial charge in [-0.1, -0.05) is 6.92 Å². The Morgan fingerprint density at radius 3 is 2.75 bits per heavy atom. The summed E-state index contributed by atoms with van der Waals surface area (Å²) in [5.41, 5.74) is 0. The molecule has 1 aromatic heterocycles. The molecule has 0 aromatic carbocycles. The van der Waals surface area contributed by atoms with Crippen molar-refractivity contribution in [1.29, 1.82) is 0 Å². The van der Waals surface area contributed by atoms with Crippen LogP contribution in [0.25, 0.3) is 0 Å². The lowest BCUT2D eigenvalue weighted by Gasteiger charge is -2.32. The molecule has 2 aliphatic carbocycles. The van der Waals surface area contributed by atoms with E-state index >= 15 is 0 Å². The number of morpholine rings is 1. The molecule has 1 saturated heterocycles. The van der Waals surface area contributed by atoms with Gasteiger partial charge in [-0.2, -0.15) is 5.10 Å². The Morgan fingerprint density at radius 2 is 2.08 bits per heavy atom. The summed E-state index contributed by atoms with van der Waals surface area (Å²) in [6.45, 7) is 3.98. The van der Waals surface area contributed by atoms with E-state index in [1.807, 2.05) is 4.90 Å². The van der Waals surface area contributed by atoms with Gasteiger partial charge < -0.3 is 9.64 Å². The maximum Gasteiger partial charge on any atom is 0.223 e. The monoisotopic (exact) mass is 332 g/mol. The lowest BCUT2D eigenvalue weighted by molar-refractivity contribution is -0.140. The molecule has 2 saturated carbocycles. The van der Waals surface area contributed by atoms with Crippen LogP contribution in [-0.2, 0) is 16.0 Å². The van der Waals surface area contributed by atoms with Crippen molar-refractivity contribution < 1.29 is 9.53 Å². The fourth-order valence-corrected chi connectivity index (χ4v) is 3.93. The molecule has 4 rings (SSSR count). The van der Waals surface area contributed by atoms with Gasteiger partial charge in [0.1, 0.15) is 11.9 Å². The van der Waals surface area contributed by atoms with Gasteiger partial charge in [0, 0.05) is 19.4 Å². The minimum Gasteiger partial charge on any atom is -0.366 e. The highest BCUT2D eigenvalue weighted by atomic mass is 16.5. The summed E-state index contributed by atoms with van der Waals surface area (Å²) in [7, 11) is 0. The van der Waals surface area contributed by atoms with E-state index in [9.17, 15) is 4.79 Å². The number of nitrogens with zero attached hydrogens (tertiary/aromatic N) is 3. The molecule has 0 spiro atoms. The van der Waals surface area contributed by atoms with Gasteiger partial charge in [-0.15, -0.1) is 0 Å². The van der Waals surface area contributed by atoms with Crippen LogP contribution in [0.2, 0.25) is 0 Å². The first-order valence-corrected chi connectivity index (χ1v) is 9.55. The molecule has 1 atom stereocenters. The third-order valence-electron chi connectivity index (χ3n) is 5.61. The summed E-state index contributed by atoms with van der Waals surface area (Å²) in [5, 5.41) is 7.27. The highest BCUT2D eigenvalue weighted by Gasteiger charge is 2.43. The van der Waals surface area contributed by atoms with Gasteiger partial charge in [0.25, 0.3) is 0 Å². The second kappa shape index (κ2) is 6.82. The number of H-pyrrole nitrogens is 1. The number of carbonyl (C=O) groups excluding carboxylic acids is 1. The number of carbonyl (C=O) groups is 1. The number of aromatic amines is 1. The Hall–Kier alpha value is -1.43. The average Bonchev–Trinajstić information content (AvgIpc) is 3.52. The van der Waals surface area contributed by atoms with Crippen molar-refractivity contribution in [3.8, 4) is 0 Å². The smallest absolute Gasteiger partial charge is 0.223 e. The first kappa shape index (κ1) is 16.1. The molecule has 1 amide bonds. The number of ether oxygens (including phenoxy) is 1. The Morgan fingerprint density at radius 1 is 1.33 bits per heavy atom. The minimum atomic E-state index is -0.190. The molecule has 1 aliphatic heterocycles. The van der Waals surface area contributed by atoms with Crippen molar-refractivity contribution in [2.45, 2.75) is 58.0 Å². The van der Waals surface area contributed by atoms with E-state index in [2.05, 4.69) is 22.1 Å². The third-order valence-corrected chi connectivity index (χ3v) is 5.61. The Kier molecular flexibility index (Phi) is 4.57. The zero-order chi connectivity index (χ0) is 16.5. The number of nitrogens with one attached hydrogen (secondary N) is 1. The van der Waals surface area contributed by atoms with E-state index in [1.54, 1.807) is 0 Å². The molecule has 6 nitrogen and oxygen atoms in total. The molecule has 0 unspecified atom stereocenters. The molecule has 0 radical (unpaired) electrons. The van der Waals surface area contributed by atoms with Crippen LogP contribution in [0.4, 0.5) is 0 Å². The SMILES string of the molecule is CCCc1nc([C@H]2CN(C(=O)CC(C3CC3)C3CC3)CCO2)n[nH]1. The molecule has 132 valence electrons. The summed E-state index contributed by atoms with van der Waals surface area (Å²) in [4.78, 5) is 19.3. The van der Waals surface area contributed by atoms with Crippen LogP contribution in [0.15, 0.2) is 0 Å². The number of hydrogen-bond acceptors (Lipinski definition) is 4. The van der Waals surface area contributed by atoms with Crippen LogP contribution >= 0.6 is 0 Å². The molecule has 0 bridgehead atoms. The van der Waals surface area contributed by atoms with Gasteiger partial charge in [0.15, 0.2) is 5.82 Å². The van der Waals surface area contributed by atoms with Crippen LogP contribution in [0.5, 0.6) is 0 Å². The second-order valence-electron chi connectivity index (χ2n) is 7.63. The van der Waals surface area contributed by atoms with Crippen molar-refractivity contribution in [2.24, 2.45) is 17.8 Å². The molecular formula is C18H28N4O2. The molecule has 1 N–H and O–H groups in total. The second-order valence-corrected chi connectivity index (χ2v) is 7.63. The molecule has 1 aromatic rings. The van der Waals surface area contributed by atoms with E-state index < -0.39 is 0 Å². The standard InChI is InChI=1S/C18H28N4O2/c1-2-3-16-19-18(21-20-16)15-11-22(8-9-24-15)17(23)10-14(12-4-5-12)13-6-7-13/h12-15H,2-11H2,1H3,(H,19,20,21)/t15-/m1/s1. The quantitative estimate of drug-likeness (QED) is 0.833. The number of amides is 1. The summed E-state index contributed by atoms with van der Waals surface area (Å²) in [6, 6.07) is 0. The highest BCUT2D eigenvalue weighted by Crippen LogP contribution is 2.50. The van der Waals surface area contributed by atoms with Crippen molar-refractivity contribution in [2.75, 3.05) is 19.7 Å². The fourth-order valence-electron chi connectivity index (χ4n) is 3.93. The number of rotatable bonds is 7. The van der Waals surface area contributed by atoms with Crippen LogP contribution in [0.3, 0.4) is 0 Å². The molecule has 6 heteroatoms. The Bertz CT molecular complexity index is 567. The molecule has 24 heavy (non-hydrogen) atoms. The van der Waals surface area contributed by atoms with Crippen molar-refractivity contribution in [1.82, 2.24) is 20.1 Å².